The van der Waals surface area contributed by atoms with Gasteiger partial charge in [0.15, 0.2) is 5.96 Å². The first-order chi connectivity index (χ1) is 13.4. The Morgan fingerprint density at radius 3 is 2.00 bits per heavy atom. The van der Waals surface area contributed by atoms with Gasteiger partial charge in [-0.2, -0.15) is 0 Å². The summed E-state index contributed by atoms with van der Waals surface area (Å²) in [6.45, 7) is 1.45. The summed E-state index contributed by atoms with van der Waals surface area (Å²) < 4.78 is 0. The summed E-state index contributed by atoms with van der Waals surface area (Å²) in [4.78, 5) is 19.9. The first kappa shape index (κ1) is 24.7. The largest absolute Gasteiger partial charge is 0.378 e. The van der Waals surface area contributed by atoms with E-state index < -0.39 is 0 Å². The van der Waals surface area contributed by atoms with Gasteiger partial charge in [0, 0.05) is 59.6 Å². The molecule has 0 aromatic heterocycles. The maximum Gasteiger partial charge on any atom is 0.253 e. The van der Waals surface area contributed by atoms with Crippen molar-refractivity contribution in [1.82, 2.24) is 15.5 Å². The normalized spacial score (nSPS) is 10.7. The first-order valence-electron chi connectivity index (χ1n) is 9.42. The zero-order chi connectivity index (χ0) is 20.5. The number of guanidine groups is 1. The Bertz CT molecular complexity index is 786. The third-order valence-corrected chi connectivity index (χ3v) is 4.45. The van der Waals surface area contributed by atoms with Crippen LogP contribution in [0.25, 0.3) is 0 Å². The van der Waals surface area contributed by atoms with Crippen LogP contribution in [0.3, 0.4) is 0 Å². The Kier molecular flexibility index (Phi) is 10.5. The van der Waals surface area contributed by atoms with Crippen LogP contribution in [-0.2, 0) is 13.0 Å². The number of nitrogens with one attached hydrogen (secondary N) is 2. The number of rotatable bonds is 7. The highest BCUT2D eigenvalue weighted by Gasteiger charge is 2.07. The van der Waals surface area contributed by atoms with Gasteiger partial charge in [-0.05, 0) is 41.8 Å². The Labute approximate surface area is 191 Å². The van der Waals surface area contributed by atoms with Crippen LogP contribution in [0.15, 0.2) is 53.5 Å². The van der Waals surface area contributed by atoms with Crippen molar-refractivity contribution in [2.45, 2.75) is 13.0 Å². The van der Waals surface area contributed by atoms with Crippen LogP contribution in [-0.4, -0.2) is 58.5 Å². The maximum absolute atomic E-state index is 11.9. The molecule has 29 heavy (non-hydrogen) atoms. The van der Waals surface area contributed by atoms with E-state index in [-0.39, 0.29) is 29.9 Å². The summed E-state index contributed by atoms with van der Waals surface area (Å²) in [5.41, 5.74) is 4.27. The minimum absolute atomic E-state index is 0. The predicted molar refractivity (Wildman–Crippen MR) is 133 cm³/mol. The van der Waals surface area contributed by atoms with Gasteiger partial charge < -0.3 is 20.4 Å². The van der Waals surface area contributed by atoms with Crippen molar-refractivity contribution in [2.75, 3.05) is 46.7 Å². The minimum atomic E-state index is 0. The van der Waals surface area contributed by atoms with Gasteiger partial charge in [-0.3, -0.25) is 9.79 Å². The topological polar surface area (TPSA) is 60.0 Å². The quantitative estimate of drug-likeness (QED) is 0.343. The number of amides is 1. The fraction of sp³-hybridized carbons (Fsp3) is 0.364. The van der Waals surface area contributed by atoms with Crippen LogP contribution in [0.5, 0.6) is 0 Å². The Morgan fingerprint density at radius 2 is 1.48 bits per heavy atom. The Morgan fingerprint density at radius 1 is 0.897 bits per heavy atom. The van der Waals surface area contributed by atoms with E-state index in [0.717, 1.165) is 24.5 Å². The molecule has 0 saturated carbocycles. The third kappa shape index (κ3) is 7.92. The molecule has 1 amide bonds. The zero-order valence-electron chi connectivity index (χ0n) is 17.9. The number of hydrogen-bond acceptors (Lipinski definition) is 3. The van der Waals surface area contributed by atoms with E-state index >= 15 is 0 Å². The average Bonchev–Trinajstić information content (AvgIpc) is 2.70. The summed E-state index contributed by atoms with van der Waals surface area (Å²) in [6.07, 6.45) is 0.926. The molecule has 0 radical (unpaired) electrons. The van der Waals surface area contributed by atoms with Crippen molar-refractivity contribution >= 4 is 41.5 Å². The van der Waals surface area contributed by atoms with Crippen LogP contribution in [0.4, 0.5) is 5.69 Å². The molecule has 0 aliphatic rings. The lowest BCUT2D eigenvalue weighted by molar-refractivity contribution is 0.0827. The average molecular weight is 509 g/mol. The van der Waals surface area contributed by atoms with Gasteiger partial charge in [0.1, 0.15) is 0 Å². The molecule has 0 saturated heterocycles. The van der Waals surface area contributed by atoms with Crippen molar-refractivity contribution in [1.29, 1.82) is 0 Å². The summed E-state index contributed by atoms with van der Waals surface area (Å²) in [5.74, 6) is 0.772. The number of carbonyl (C=O) groups is 1. The molecule has 2 N–H and O–H groups in total. The molecule has 2 aromatic rings. The summed E-state index contributed by atoms with van der Waals surface area (Å²) in [5, 5.41) is 6.64. The molecule has 0 aliphatic heterocycles. The second-order valence-electron chi connectivity index (χ2n) is 7.06. The van der Waals surface area contributed by atoms with Gasteiger partial charge in [0.05, 0.1) is 0 Å². The lowest BCUT2D eigenvalue weighted by Crippen LogP contribution is -2.37. The van der Waals surface area contributed by atoms with E-state index in [1.165, 1.54) is 11.3 Å². The van der Waals surface area contributed by atoms with Crippen molar-refractivity contribution in [2.24, 2.45) is 4.99 Å². The number of halogens is 1. The van der Waals surface area contributed by atoms with Crippen LogP contribution < -0.4 is 15.5 Å². The van der Waals surface area contributed by atoms with Crippen LogP contribution in [0.1, 0.15) is 21.5 Å². The molecule has 2 aromatic carbocycles. The molecule has 0 heterocycles. The molecule has 6 nitrogen and oxygen atoms in total. The van der Waals surface area contributed by atoms with Gasteiger partial charge in [-0.1, -0.05) is 24.3 Å². The lowest BCUT2D eigenvalue weighted by atomic mass is 10.1. The molecule has 0 atom stereocenters. The fourth-order valence-electron chi connectivity index (χ4n) is 2.72. The van der Waals surface area contributed by atoms with Gasteiger partial charge in [-0.25, -0.2) is 0 Å². The van der Waals surface area contributed by atoms with Gasteiger partial charge in [0.2, 0.25) is 0 Å². The lowest BCUT2D eigenvalue weighted by Gasteiger charge is -2.14. The monoisotopic (exact) mass is 509 g/mol. The first-order valence-corrected chi connectivity index (χ1v) is 9.42. The SMILES string of the molecule is CN=C(NCCc1ccc(N(C)C)cc1)NCc1ccc(C(=O)N(C)C)cc1.I. The van der Waals surface area contributed by atoms with E-state index in [1.54, 1.807) is 26.0 Å². The Hall–Kier alpha value is -2.29. The predicted octanol–water partition coefficient (Wildman–Crippen LogP) is 2.98. The van der Waals surface area contributed by atoms with Crippen LogP contribution in [0.2, 0.25) is 0 Å². The highest BCUT2D eigenvalue weighted by molar-refractivity contribution is 14.0. The summed E-state index contributed by atoms with van der Waals surface area (Å²) >= 11 is 0. The molecule has 0 spiro atoms. The van der Waals surface area contributed by atoms with Gasteiger partial charge in [0.25, 0.3) is 5.91 Å². The highest BCUT2D eigenvalue weighted by Crippen LogP contribution is 2.12. The molecular formula is C22H32IN5O. The zero-order valence-corrected chi connectivity index (χ0v) is 20.2. The molecule has 158 valence electrons. The highest BCUT2D eigenvalue weighted by atomic mass is 127. The smallest absolute Gasteiger partial charge is 0.253 e. The number of benzene rings is 2. The van der Waals surface area contributed by atoms with E-state index in [4.69, 9.17) is 0 Å². The molecule has 0 aliphatic carbocycles. The van der Waals surface area contributed by atoms with Crippen molar-refractivity contribution in [3.63, 3.8) is 0 Å². The van der Waals surface area contributed by atoms with Crippen LogP contribution in [0, 0.1) is 0 Å². The van der Waals surface area contributed by atoms with Crippen LogP contribution >= 0.6 is 24.0 Å². The number of aliphatic imine (C=N–C) groups is 1. The number of anilines is 1. The summed E-state index contributed by atoms with van der Waals surface area (Å²) in [7, 11) is 9.36. The Balaban J connectivity index is 0.00000420. The van der Waals surface area contributed by atoms with E-state index in [2.05, 4.69) is 44.8 Å². The second-order valence-corrected chi connectivity index (χ2v) is 7.06. The van der Waals surface area contributed by atoms with E-state index in [1.807, 2.05) is 38.4 Å². The third-order valence-electron chi connectivity index (χ3n) is 4.45. The fourth-order valence-corrected chi connectivity index (χ4v) is 2.72. The minimum Gasteiger partial charge on any atom is -0.378 e. The van der Waals surface area contributed by atoms with Crippen molar-refractivity contribution < 1.29 is 4.79 Å². The number of carbonyl (C=O) groups excluding carboxylic acids is 1. The van der Waals surface area contributed by atoms with Gasteiger partial charge in [-0.15, -0.1) is 24.0 Å². The molecular weight excluding hydrogens is 477 g/mol. The molecule has 2 rings (SSSR count). The number of nitrogens with zero attached hydrogens (tertiary/aromatic N) is 3. The summed E-state index contributed by atoms with van der Waals surface area (Å²) in [6, 6.07) is 16.2. The number of hydrogen-bond donors (Lipinski definition) is 2. The van der Waals surface area contributed by atoms with E-state index in [0.29, 0.717) is 12.1 Å². The molecule has 7 heteroatoms. The van der Waals surface area contributed by atoms with Gasteiger partial charge >= 0.3 is 0 Å². The van der Waals surface area contributed by atoms with Crippen molar-refractivity contribution in [3.05, 3.63) is 65.2 Å². The second kappa shape index (κ2) is 12.3. The molecule has 0 fully saturated rings. The molecule has 0 bridgehead atoms. The standard InChI is InChI=1S/C22H31N5O.HI/c1-23-22(24-15-14-17-8-12-20(13-9-17)26(2)3)25-16-18-6-10-19(11-7-18)21(28)27(4)5;/h6-13H,14-16H2,1-5H3,(H2,23,24,25);1H. The van der Waals surface area contributed by atoms with E-state index in [9.17, 15) is 4.79 Å². The van der Waals surface area contributed by atoms with Crippen molar-refractivity contribution in [3.8, 4) is 0 Å². The molecule has 0 unspecified atom stereocenters. The maximum atomic E-state index is 11.9.